The highest BCUT2D eigenvalue weighted by Gasteiger charge is 2.31. The fourth-order valence-corrected chi connectivity index (χ4v) is 5.68. The molecule has 7 nitrogen and oxygen atoms in total. The van der Waals surface area contributed by atoms with Gasteiger partial charge in [0, 0.05) is 36.3 Å². The number of nitrogens with zero attached hydrogens (tertiary/aromatic N) is 1. The second-order valence-corrected chi connectivity index (χ2v) is 12.4. The summed E-state index contributed by atoms with van der Waals surface area (Å²) in [5.41, 5.74) is 2.17. The number of amides is 2. The first-order chi connectivity index (χ1) is 16.4. The fraction of sp³-hybridized carbons (Fsp3) is 0.481. The highest BCUT2D eigenvalue weighted by Crippen LogP contribution is 2.28. The van der Waals surface area contributed by atoms with Crippen molar-refractivity contribution in [3.05, 3.63) is 59.2 Å². The zero-order valence-electron chi connectivity index (χ0n) is 20.9. The first-order valence-corrected chi connectivity index (χ1v) is 13.8. The predicted octanol–water partition coefficient (Wildman–Crippen LogP) is 4.22. The quantitative estimate of drug-likeness (QED) is 0.625. The number of benzene rings is 2. The van der Waals surface area contributed by atoms with Gasteiger partial charge in [-0.25, -0.2) is 8.42 Å². The normalized spacial score (nSPS) is 17.2. The maximum absolute atomic E-state index is 13.2. The Bertz CT molecular complexity index is 1220. The van der Waals surface area contributed by atoms with Gasteiger partial charge < -0.3 is 10.2 Å². The van der Waals surface area contributed by atoms with Crippen molar-refractivity contribution in [2.75, 3.05) is 17.8 Å². The lowest BCUT2D eigenvalue weighted by molar-refractivity contribution is -0.126. The number of hydrogen-bond donors (Lipinski definition) is 2. The Morgan fingerprint density at radius 3 is 2.29 bits per heavy atom. The predicted molar refractivity (Wildman–Crippen MR) is 137 cm³/mol. The Morgan fingerprint density at radius 2 is 1.66 bits per heavy atom. The highest BCUT2D eigenvalue weighted by molar-refractivity contribution is 7.92. The molecule has 4 rings (SSSR count). The van der Waals surface area contributed by atoms with Gasteiger partial charge in [0.05, 0.1) is 4.90 Å². The Hall–Kier alpha value is -2.87. The second-order valence-electron chi connectivity index (χ2n) is 10.8. The van der Waals surface area contributed by atoms with Gasteiger partial charge in [-0.2, -0.15) is 0 Å². The van der Waals surface area contributed by atoms with Gasteiger partial charge in [0.2, 0.25) is 5.91 Å². The van der Waals surface area contributed by atoms with Crippen molar-refractivity contribution in [2.45, 2.75) is 69.7 Å². The summed E-state index contributed by atoms with van der Waals surface area (Å²) in [4.78, 5) is 27.4. The van der Waals surface area contributed by atoms with Crippen molar-refractivity contribution in [2.24, 2.45) is 5.92 Å². The summed E-state index contributed by atoms with van der Waals surface area (Å²) in [5.74, 6) is -0.107. The van der Waals surface area contributed by atoms with Gasteiger partial charge >= 0.3 is 0 Å². The van der Waals surface area contributed by atoms with Crippen LogP contribution in [0.3, 0.4) is 0 Å². The maximum atomic E-state index is 13.2. The van der Waals surface area contributed by atoms with Crippen molar-refractivity contribution in [1.29, 1.82) is 0 Å². The molecule has 1 heterocycles. The summed E-state index contributed by atoms with van der Waals surface area (Å²) < 4.78 is 29.1. The lowest BCUT2D eigenvalue weighted by Crippen LogP contribution is -2.43. The largest absolute Gasteiger partial charge is 0.353 e. The molecule has 0 aromatic heterocycles. The minimum Gasteiger partial charge on any atom is -0.353 e. The van der Waals surface area contributed by atoms with Crippen LogP contribution in [0, 0.1) is 12.8 Å². The van der Waals surface area contributed by atoms with E-state index >= 15 is 0 Å². The zero-order valence-corrected chi connectivity index (χ0v) is 21.7. The van der Waals surface area contributed by atoms with Crippen molar-refractivity contribution in [3.63, 3.8) is 0 Å². The lowest BCUT2D eigenvalue weighted by Gasteiger charge is -2.31. The van der Waals surface area contributed by atoms with E-state index in [2.05, 4.69) is 10.0 Å². The molecule has 0 spiro atoms. The van der Waals surface area contributed by atoms with Crippen LogP contribution in [0.2, 0.25) is 0 Å². The van der Waals surface area contributed by atoms with Gasteiger partial charge in [-0.1, -0.05) is 39.0 Å². The molecule has 0 radical (unpaired) electrons. The summed E-state index contributed by atoms with van der Waals surface area (Å²) in [6.07, 6.45) is 3.40. The third-order valence-corrected chi connectivity index (χ3v) is 8.31. The summed E-state index contributed by atoms with van der Waals surface area (Å²) in [6, 6.07) is 12.4. The molecule has 1 aliphatic carbocycles. The third-order valence-electron chi connectivity index (χ3n) is 6.78. The van der Waals surface area contributed by atoms with Crippen LogP contribution in [0.1, 0.15) is 67.9 Å². The molecule has 188 valence electrons. The number of rotatable bonds is 6. The van der Waals surface area contributed by atoms with E-state index in [1.54, 1.807) is 42.2 Å². The van der Waals surface area contributed by atoms with E-state index in [4.69, 9.17) is 0 Å². The molecule has 2 fully saturated rings. The molecule has 8 heteroatoms. The SMILES string of the molecule is Cc1ccc(C(C)(C)C)cc1S(=O)(=O)Nc1cccc(C(=O)N2CCC(C(=O)NC3CC3)CC2)c1. The van der Waals surface area contributed by atoms with E-state index in [-0.39, 0.29) is 28.0 Å². The van der Waals surface area contributed by atoms with Crippen LogP contribution in [-0.2, 0) is 20.2 Å². The number of likely N-dealkylation sites (tertiary alicyclic amines) is 1. The molecular weight excluding hydrogens is 462 g/mol. The van der Waals surface area contributed by atoms with E-state index in [0.29, 0.717) is 48.8 Å². The topological polar surface area (TPSA) is 95.6 Å². The van der Waals surface area contributed by atoms with E-state index in [0.717, 1.165) is 18.4 Å². The first kappa shape index (κ1) is 25.2. The van der Waals surface area contributed by atoms with Crippen molar-refractivity contribution < 1.29 is 18.0 Å². The molecule has 2 aromatic rings. The highest BCUT2D eigenvalue weighted by atomic mass is 32.2. The van der Waals surface area contributed by atoms with E-state index in [9.17, 15) is 18.0 Å². The fourth-order valence-electron chi connectivity index (χ4n) is 4.36. The molecule has 1 saturated heterocycles. The maximum Gasteiger partial charge on any atom is 0.262 e. The average Bonchev–Trinajstić information content (AvgIpc) is 3.62. The van der Waals surface area contributed by atoms with E-state index in [1.807, 2.05) is 32.9 Å². The minimum absolute atomic E-state index is 0.0510. The second kappa shape index (κ2) is 9.64. The Labute approximate surface area is 208 Å². The van der Waals surface area contributed by atoms with Gasteiger partial charge in [0.1, 0.15) is 0 Å². The summed E-state index contributed by atoms with van der Waals surface area (Å²) >= 11 is 0. The number of carbonyl (C=O) groups excluding carboxylic acids is 2. The van der Waals surface area contributed by atoms with Crippen molar-refractivity contribution in [3.8, 4) is 0 Å². The van der Waals surface area contributed by atoms with Gasteiger partial charge in [-0.15, -0.1) is 0 Å². The van der Waals surface area contributed by atoms with Crippen molar-refractivity contribution in [1.82, 2.24) is 10.2 Å². The summed E-state index contributed by atoms with van der Waals surface area (Å²) in [7, 11) is -3.84. The number of anilines is 1. The van der Waals surface area contributed by atoms with Gasteiger partial charge in [-0.05, 0) is 73.4 Å². The van der Waals surface area contributed by atoms with Gasteiger partial charge in [0.25, 0.3) is 15.9 Å². The zero-order chi connectivity index (χ0) is 25.4. The third kappa shape index (κ3) is 6.04. The molecule has 0 atom stereocenters. The molecule has 0 bridgehead atoms. The molecule has 2 aromatic carbocycles. The van der Waals surface area contributed by atoms with Crippen LogP contribution >= 0.6 is 0 Å². The molecule has 35 heavy (non-hydrogen) atoms. The molecule has 0 unspecified atom stereocenters. The van der Waals surface area contributed by atoms with Gasteiger partial charge in [-0.3, -0.25) is 14.3 Å². The molecule has 2 aliphatic rings. The van der Waals surface area contributed by atoms with Crippen LogP contribution < -0.4 is 10.0 Å². The summed E-state index contributed by atoms with van der Waals surface area (Å²) in [5, 5.41) is 3.05. The number of sulfonamides is 1. The average molecular weight is 498 g/mol. The molecule has 2 N–H and O–H groups in total. The number of carbonyl (C=O) groups is 2. The number of hydrogen-bond acceptors (Lipinski definition) is 4. The van der Waals surface area contributed by atoms with Crippen LogP contribution in [0.4, 0.5) is 5.69 Å². The van der Waals surface area contributed by atoms with Crippen LogP contribution in [0.15, 0.2) is 47.4 Å². The lowest BCUT2D eigenvalue weighted by atomic mass is 9.87. The van der Waals surface area contributed by atoms with E-state index in [1.165, 1.54) is 0 Å². The Morgan fingerprint density at radius 1 is 0.971 bits per heavy atom. The van der Waals surface area contributed by atoms with Gasteiger partial charge in [0.15, 0.2) is 0 Å². The summed E-state index contributed by atoms with van der Waals surface area (Å²) in [6.45, 7) is 8.92. The Kier molecular flexibility index (Phi) is 6.95. The first-order valence-electron chi connectivity index (χ1n) is 12.3. The molecule has 1 aliphatic heterocycles. The standard InChI is InChI=1S/C27H35N3O4S/c1-18-8-9-21(27(2,3)4)17-24(18)35(33,34)29-23-7-5-6-20(16-23)26(32)30-14-12-19(13-15-30)25(31)28-22-10-11-22/h5-9,16-17,19,22,29H,10-15H2,1-4H3,(H,28,31). The Balaban J connectivity index is 1.44. The van der Waals surface area contributed by atoms with Crippen LogP contribution in [-0.4, -0.2) is 44.3 Å². The molecule has 2 amide bonds. The molecule has 1 saturated carbocycles. The minimum atomic E-state index is -3.84. The van der Waals surface area contributed by atoms with E-state index < -0.39 is 10.0 Å². The van der Waals surface area contributed by atoms with Crippen LogP contribution in [0.5, 0.6) is 0 Å². The van der Waals surface area contributed by atoms with Crippen molar-refractivity contribution >= 4 is 27.5 Å². The number of piperidine rings is 1. The number of nitrogens with one attached hydrogen (secondary N) is 2. The monoisotopic (exact) mass is 497 g/mol. The number of aryl methyl sites for hydroxylation is 1. The smallest absolute Gasteiger partial charge is 0.262 e. The molecular formula is C27H35N3O4S. The van der Waals surface area contributed by atoms with Crippen LogP contribution in [0.25, 0.3) is 0 Å².